The summed E-state index contributed by atoms with van der Waals surface area (Å²) in [5, 5.41) is 11.7. The fourth-order valence-corrected chi connectivity index (χ4v) is 4.92. The summed E-state index contributed by atoms with van der Waals surface area (Å²) in [6.07, 6.45) is 5.01. The molecule has 0 spiro atoms. The Morgan fingerprint density at radius 2 is 2.11 bits per heavy atom. The molecule has 142 valence electrons. The maximum Gasteiger partial charge on any atom is 0.262 e. The van der Waals surface area contributed by atoms with E-state index in [2.05, 4.69) is 4.98 Å². The molecule has 0 amide bonds. The third-order valence-electron chi connectivity index (χ3n) is 4.87. The number of ether oxygens (including phenoxy) is 1. The lowest BCUT2D eigenvalue weighted by Gasteiger charge is -2.14. The highest BCUT2D eigenvalue weighted by Gasteiger charge is 2.20. The predicted molar refractivity (Wildman–Crippen MR) is 108 cm³/mol. The van der Waals surface area contributed by atoms with E-state index < -0.39 is 6.10 Å². The lowest BCUT2D eigenvalue weighted by molar-refractivity contribution is 0.0198. The van der Waals surface area contributed by atoms with Gasteiger partial charge in [0.2, 0.25) is 0 Å². The minimum atomic E-state index is -0.793. The van der Waals surface area contributed by atoms with Crippen LogP contribution in [-0.2, 0) is 30.7 Å². The van der Waals surface area contributed by atoms with E-state index in [4.69, 9.17) is 16.3 Å². The average Bonchev–Trinajstić information content (AvgIpc) is 3.05. The summed E-state index contributed by atoms with van der Waals surface area (Å²) < 4.78 is 7.06. The minimum Gasteiger partial charge on any atom is -0.389 e. The highest BCUT2D eigenvalue weighted by Crippen LogP contribution is 2.33. The monoisotopic (exact) mass is 404 g/mol. The summed E-state index contributed by atoms with van der Waals surface area (Å²) in [6, 6.07) is 7.44. The van der Waals surface area contributed by atoms with Crippen LogP contribution in [0.3, 0.4) is 0 Å². The number of aromatic nitrogens is 2. The zero-order valence-corrected chi connectivity index (χ0v) is 16.4. The summed E-state index contributed by atoms with van der Waals surface area (Å²) in [7, 11) is 0. The lowest BCUT2D eigenvalue weighted by Crippen LogP contribution is -2.29. The van der Waals surface area contributed by atoms with Crippen LogP contribution >= 0.6 is 22.9 Å². The van der Waals surface area contributed by atoms with E-state index >= 15 is 0 Å². The van der Waals surface area contributed by atoms with E-state index in [9.17, 15) is 9.90 Å². The van der Waals surface area contributed by atoms with E-state index in [0.29, 0.717) is 11.6 Å². The van der Waals surface area contributed by atoms with Crippen LogP contribution in [0, 0.1) is 0 Å². The highest BCUT2D eigenvalue weighted by atomic mass is 35.5. The molecule has 0 unspecified atom stereocenters. The third kappa shape index (κ3) is 3.94. The van der Waals surface area contributed by atoms with Crippen LogP contribution in [0.25, 0.3) is 10.2 Å². The highest BCUT2D eigenvalue weighted by molar-refractivity contribution is 7.18. The summed E-state index contributed by atoms with van der Waals surface area (Å²) in [5.41, 5.74) is 1.97. The van der Waals surface area contributed by atoms with Gasteiger partial charge in [-0.25, -0.2) is 4.98 Å². The number of thiophene rings is 1. The van der Waals surface area contributed by atoms with Gasteiger partial charge in [-0.3, -0.25) is 9.36 Å². The molecule has 5 nitrogen and oxygen atoms in total. The second kappa shape index (κ2) is 8.10. The summed E-state index contributed by atoms with van der Waals surface area (Å²) in [4.78, 5) is 19.5. The van der Waals surface area contributed by atoms with E-state index in [1.807, 2.05) is 18.2 Å². The van der Waals surface area contributed by atoms with Crippen molar-refractivity contribution in [2.75, 3.05) is 6.61 Å². The number of halogens is 1. The van der Waals surface area contributed by atoms with Crippen LogP contribution < -0.4 is 5.56 Å². The number of aliphatic hydroxyl groups is 1. The summed E-state index contributed by atoms with van der Waals surface area (Å²) in [6.45, 7) is 0.604. The number of fused-ring (bicyclic) bond motifs is 3. The molecule has 7 heteroatoms. The predicted octanol–water partition coefficient (Wildman–Crippen LogP) is 3.57. The molecule has 2 aromatic heterocycles. The molecule has 4 rings (SSSR count). The fourth-order valence-electron chi connectivity index (χ4n) is 3.51. The largest absolute Gasteiger partial charge is 0.389 e. The van der Waals surface area contributed by atoms with Crippen molar-refractivity contribution in [3.8, 4) is 0 Å². The van der Waals surface area contributed by atoms with Gasteiger partial charge in [0.05, 0.1) is 37.6 Å². The number of benzene rings is 1. The standard InChI is InChI=1S/C20H21ClN2O3S/c21-16-7-3-1-5-13(16)10-26-11-14(24)9-23-12-22-19-18(20(23)25)15-6-2-4-8-17(15)27-19/h1,3,5,7,12,14,24H,2,4,6,8-11H2/t14-/m1/s1. The van der Waals surface area contributed by atoms with Crippen LogP contribution in [0.4, 0.5) is 0 Å². The van der Waals surface area contributed by atoms with Crippen LogP contribution in [0.2, 0.25) is 5.02 Å². The van der Waals surface area contributed by atoms with Crippen LogP contribution in [-0.4, -0.2) is 27.4 Å². The SMILES string of the molecule is O=c1c2c3c(sc2ncn1C[C@@H](O)COCc1ccccc1Cl)CCCC3. The first-order chi connectivity index (χ1) is 13.1. The maximum atomic E-state index is 12.9. The molecule has 1 N–H and O–H groups in total. The number of aryl methyl sites for hydroxylation is 2. The third-order valence-corrected chi connectivity index (χ3v) is 6.44. The Labute approximate surface area is 166 Å². The van der Waals surface area contributed by atoms with Crippen molar-refractivity contribution in [1.82, 2.24) is 9.55 Å². The fraction of sp³-hybridized carbons (Fsp3) is 0.400. The zero-order valence-electron chi connectivity index (χ0n) is 14.9. The second-order valence-electron chi connectivity index (χ2n) is 6.85. The zero-order chi connectivity index (χ0) is 18.8. The van der Waals surface area contributed by atoms with Gasteiger partial charge >= 0.3 is 0 Å². The number of hydrogen-bond acceptors (Lipinski definition) is 5. The number of rotatable bonds is 6. The van der Waals surface area contributed by atoms with Gasteiger partial charge in [-0.2, -0.15) is 0 Å². The normalized spacial score (nSPS) is 15.0. The number of aliphatic hydroxyl groups excluding tert-OH is 1. The molecule has 1 aromatic carbocycles. The van der Waals surface area contributed by atoms with Gasteiger partial charge in [-0.1, -0.05) is 29.8 Å². The van der Waals surface area contributed by atoms with Crippen LogP contribution in [0.5, 0.6) is 0 Å². The molecule has 1 aliphatic carbocycles. The van der Waals surface area contributed by atoms with Gasteiger partial charge < -0.3 is 9.84 Å². The van der Waals surface area contributed by atoms with Crippen molar-refractivity contribution in [2.45, 2.75) is 44.9 Å². The van der Waals surface area contributed by atoms with Crippen molar-refractivity contribution < 1.29 is 9.84 Å². The Bertz CT molecular complexity index is 1010. The Kier molecular flexibility index (Phi) is 5.59. The maximum absolute atomic E-state index is 12.9. The Morgan fingerprint density at radius 3 is 2.96 bits per heavy atom. The van der Waals surface area contributed by atoms with Gasteiger partial charge in [0.25, 0.3) is 5.56 Å². The number of nitrogens with zero attached hydrogens (tertiary/aromatic N) is 2. The molecule has 2 heterocycles. The molecule has 3 aromatic rings. The van der Waals surface area contributed by atoms with Crippen molar-refractivity contribution in [3.63, 3.8) is 0 Å². The van der Waals surface area contributed by atoms with Gasteiger partial charge in [-0.05, 0) is 42.9 Å². The van der Waals surface area contributed by atoms with Crippen molar-refractivity contribution >= 4 is 33.2 Å². The van der Waals surface area contributed by atoms with Crippen molar-refractivity contribution in [2.24, 2.45) is 0 Å². The molecule has 0 bridgehead atoms. The summed E-state index contributed by atoms with van der Waals surface area (Å²) >= 11 is 7.73. The molecular formula is C20H21ClN2O3S. The molecule has 0 fully saturated rings. The number of hydrogen-bond donors (Lipinski definition) is 1. The summed E-state index contributed by atoms with van der Waals surface area (Å²) in [5.74, 6) is 0. The van der Waals surface area contributed by atoms with Crippen molar-refractivity contribution in [1.29, 1.82) is 0 Å². The smallest absolute Gasteiger partial charge is 0.262 e. The van der Waals surface area contributed by atoms with Crippen LogP contribution in [0.1, 0.15) is 28.8 Å². The van der Waals surface area contributed by atoms with Crippen LogP contribution in [0.15, 0.2) is 35.4 Å². The molecule has 1 atom stereocenters. The van der Waals surface area contributed by atoms with Gasteiger partial charge in [0.15, 0.2) is 0 Å². The first kappa shape index (κ1) is 18.6. The minimum absolute atomic E-state index is 0.0652. The first-order valence-electron chi connectivity index (χ1n) is 9.12. The second-order valence-corrected chi connectivity index (χ2v) is 8.34. The van der Waals surface area contributed by atoms with E-state index in [0.717, 1.165) is 40.6 Å². The molecule has 0 aliphatic heterocycles. The molecule has 0 saturated carbocycles. The Hall–Kier alpha value is -1.73. The van der Waals surface area contributed by atoms with Crippen molar-refractivity contribution in [3.05, 3.63) is 62.0 Å². The van der Waals surface area contributed by atoms with E-state index in [-0.39, 0.29) is 18.7 Å². The van der Waals surface area contributed by atoms with Gasteiger partial charge in [-0.15, -0.1) is 11.3 Å². The topological polar surface area (TPSA) is 64.4 Å². The molecular weight excluding hydrogens is 384 g/mol. The molecule has 27 heavy (non-hydrogen) atoms. The first-order valence-corrected chi connectivity index (χ1v) is 10.3. The lowest BCUT2D eigenvalue weighted by atomic mass is 9.97. The molecule has 1 aliphatic rings. The Balaban J connectivity index is 1.44. The van der Waals surface area contributed by atoms with Gasteiger partial charge in [0, 0.05) is 9.90 Å². The molecule has 0 saturated heterocycles. The van der Waals surface area contributed by atoms with E-state index in [1.165, 1.54) is 22.2 Å². The quantitative estimate of drug-likeness (QED) is 0.682. The Morgan fingerprint density at radius 1 is 1.30 bits per heavy atom. The van der Waals surface area contributed by atoms with Gasteiger partial charge in [0.1, 0.15) is 4.83 Å². The van der Waals surface area contributed by atoms with E-state index in [1.54, 1.807) is 17.4 Å². The average molecular weight is 405 g/mol. The molecule has 0 radical (unpaired) electrons.